The van der Waals surface area contributed by atoms with Gasteiger partial charge in [-0.05, 0) is 42.5 Å². The summed E-state index contributed by atoms with van der Waals surface area (Å²) in [5.41, 5.74) is 1.15. The van der Waals surface area contributed by atoms with Crippen molar-refractivity contribution in [2.75, 3.05) is 17.7 Å². The van der Waals surface area contributed by atoms with Crippen molar-refractivity contribution in [1.82, 2.24) is 4.98 Å². The number of amides is 1. The minimum Gasteiger partial charge on any atom is -0.465 e. The molecule has 0 aliphatic rings. The first-order chi connectivity index (χ1) is 13.5. The van der Waals surface area contributed by atoms with Gasteiger partial charge in [-0.2, -0.15) is 0 Å². The van der Waals surface area contributed by atoms with E-state index in [0.717, 1.165) is 0 Å². The summed E-state index contributed by atoms with van der Waals surface area (Å²) in [5, 5.41) is 5.96. The van der Waals surface area contributed by atoms with Crippen LogP contribution >= 0.6 is 11.6 Å². The molecular formula is C20H15ClFN3O3. The van der Waals surface area contributed by atoms with E-state index in [0.29, 0.717) is 27.8 Å². The predicted octanol–water partition coefficient (Wildman–Crippen LogP) is 4.66. The smallest absolute Gasteiger partial charge is 0.337 e. The molecule has 0 saturated carbocycles. The third-order valence-corrected chi connectivity index (χ3v) is 4.12. The molecule has 0 atom stereocenters. The number of benzene rings is 2. The highest BCUT2D eigenvalue weighted by Gasteiger charge is 2.12. The number of carbonyl (C=O) groups excluding carboxylic acids is 2. The van der Waals surface area contributed by atoms with Crippen LogP contribution in [0.15, 0.2) is 60.8 Å². The standard InChI is InChI=1S/C20H15ClFN3O3/c1-28-20(27)12-6-8-15(21)17(10-12)25-18-9-7-13(11-23-18)24-19(26)14-4-2-3-5-16(14)22/h2-11H,1H3,(H,23,25)(H,24,26). The number of hydrogen-bond donors (Lipinski definition) is 2. The summed E-state index contributed by atoms with van der Waals surface area (Å²) < 4.78 is 18.4. The monoisotopic (exact) mass is 399 g/mol. The number of carbonyl (C=O) groups is 2. The topological polar surface area (TPSA) is 80.3 Å². The second-order valence-electron chi connectivity index (χ2n) is 5.68. The summed E-state index contributed by atoms with van der Waals surface area (Å²) in [6, 6.07) is 13.6. The van der Waals surface area contributed by atoms with Gasteiger partial charge < -0.3 is 15.4 Å². The minimum absolute atomic E-state index is 0.0592. The van der Waals surface area contributed by atoms with Gasteiger partial charge in [-0.25, -0.2) is 14.2 Å². The van der Waals surface area contributed by atoms with Crippen molar-refractivity contribution in [3.63, 3.8) is 0 Å². The second-order valence-corrected chi connectivity index (χ2v) is 6.08. The Kier molecular flexibility index (Phi) is 5.86. The van der Waals surface area contributed by atoms with Gasteiger partial charge in [-0.3, -0.25) is 4.79 Å². The summed E-state index contributed by atoms with van der Waals surface area (Å²) in [4.78, 5) is 28.0. The van der Waals surface area contributed by atoms with E-state index in [1.807, 2.05) is 0 Å². The lowest BCUT2D eigenvalue weighted by molar-refractivity contribution is 0.0600. The number of nitrogens with zero attached hydrogens (tertiary/aromatic N) is 1. The van der Waals surface area contributed by atoms with Gasteiger partial charge in [0.25, 0.3) is 5.91 Å². The molecule has 1 aromatic heterocycles. The Balaban J connectivity index is 1.72. The summed E-state index contributed by atoms with van der Waals surface area (Å²) in [7, 11) is 1.29. The van der Waals surface area contributed by atoms with Crippen LogP contribution in [0.3, 0.4) is 0 Å². The third-order valence-electron chi connectivity index (χ3n) is 3.79. The van der Waals surface area contributed by atoms with E-state index in [-0.39, 0.29) is 5.56 Å². The van der Waals surface area contributed by atoms with Crippen molar-refractivity contribution >= 4 is 40.7 Å². The number of esters is 1. The summed E-state index contributed by atoms with van der Waals surface area (Å²) in [6.07, 6.45) is 1.42. The molecule has 0 aliphatic carbocycles. The van der Waals surface area contributed by atoms with Gasteiger partial charge in [0.1, 0.15) is 11.6 Å². The van der Waals surface area contributed by atoms with E-state index in [1.165, 1.54) is 31.5 Å². The van der Waals surface area contributed by atoms with Crippen molar-refractivity contribution in [2.45, 2.75) is 0 Å². The zero-order valence-electron chi connectivity index (χ0n) is 14.7. The van der Waals surface area contributed by atoms with Crippen molar-refractivity contribution in [3.8, 4) is 0 Å². The molecule has 3 rings (SSSR count). The SMILES string of the molecule is COC(=O)c1ccc(Cl)c(Nc2ccc(NC(=O)c3ccccc3F)cn2)c1. The molecule has 28 heavy (non-hydrogen) atoms. The second kappa shape index (κ2) is 8.49. The number of hydrogen-bond acceptors (Lipinski definition) is 5. The van der Waals surface area contributed by atoms with Gasteiger partial charge >= 0.3 is 5.97 Å². The number of aromatic nitrogens is 1. The fourth-order valence-electron chi connectivity index (χ4n) is 2.39. The molecule has 0 saturated heterocycles. The van der Waals surface area contributed by atoms with Crippen LogP contribution in [0.5, 0.6) is 0 Å². The average Bonchev–Trinajstić information content (AvgIpc) is 2.70. The average molecular weight is 400 g/mol. The summed E-state index contributed by atoms with van der Waals surface area (Å²) >= 11 is 6.14. The Morgan fingerprint density at radius 1 is 1.11 bits per heavy atom. The quantitative estimate of drug-likeness (QED) is 0.610. The minimum atomic E-state index is -0.605. The van der Waals surface area contributed by atoms with Crippen LogP contribution in [0.4, 0.5) is 21.6 Å². The molecule has 8 heteroatoms. The molecule has 2 aromatic carbocycles. The van der Waals surface area contributed by atoms with Crippen LogP contribution in [0.1, 0.15) is 20.7 Å². The van der Waals surface area contributed by atoms with E-state index >= 15 is 0 Å². The van der Waals surface area contributed by atoms with Crippen molar-refractivity contribution in [2.24, 2.45) is 0 Å². The van der Waals surface area contributed by atoms with Gasteiger partial charge in [-0.1, -0.05) is 23.7 Å². The van der Waals surface area contributed by atoms with Crippen LogP contribution in [-0.2, 0) is 4.74 Å². The predicted molar refractivity (Wildman–Crippen MR) is 105 cm³/mol. The lowest BCUT2D eigenvalue weighted by Crippen LogP contribution is -2.13. The number of halogens is 2. The normalized spacial score (nSPS) is 10.2. The lowest BCUT2D eigenvalue weighted by atomic mass is 10.2. The van der Waals surface area contributed by atoms with Crippen molar-refractivity contribution < 1.29 is 18.7 Å². The first kappa shape index (κ1) is 19.3. The third kappa shape index (κ3) is 4.44. The summed E-state index contributed by atoms with van der Waals surface area (Å²) in [5.74, 6) is -1.23. The maximum atomic E-state index is 13.7. The van der Waals surface area contributed by atoms with E-state index in [9.17, 15) is 14.0 Å². The highest BCUT2D eigenvalue weighted by atomic mass is 35.5. The molecule has 0 fully saturated rings. The Morgan fingerprint density at radius 2 is 1.89 bits per heavy atom. The first-order valence-electron chi connectivity index (χ1n) is 8.15. The molecule has 0 radical (unpaired) electrons. The molecule has 1 amide bonds. The summed E-state index contributed by atoms with van der Waals surface area (Å²) in [6.45, 7) is 0. The lowest BCUT2D eigenvalue weighted by Gasteiger charge is -2.10. The van der Waals surface area contributed by atoms with Crippen LogP contribution < -0.4 is 10.6 Å². The van der Waals surface area contributed by atoms with Crippen LogP contribution in [0.25, 0.3) is 0 Å². The molecule has 3 aromatic rings. The zero-order valence-corrected chi connectivity index (χ0v) is 15.5. The largest absolute Gasteiger partial charge is 0.465 e. The number of ether oxygens (including phenoxy) is 1. The van der Waals surface area contributed by atoms with Crippen molar-refractivity contribution in [3.05, 3.63) is 82.8 Å². The van der Waals surface area contributed by atoms with Gasteiger partial charge in [0, 0.05) is 0 Å². The highest BCUT2D eigenvalue weighted by Crippen LogP contribution is 2.26. The molecule has 0 bridgehead atoms. The van der Waals surface area contributed by atoms with E-state index < -0.39 is 17.7 Å². The molecule has 6 nitrogen and oxygen atoms in total. The van der Waals surface area contributed by atoms with Gasteiger partial charge in [0.2, 0.25) is 0 Å². The Bertz CT molecular complexity index is 1030. The van der Waals surface area contributed by atoms with Crippen molar-refractivity contribution in [1.29, 1.82) is 0 Å². The molecule has 0 unspecified atom stereocenters. The van der Waals surface area contributed by atoms with Gasteiger partial charge in [0.05, 0.1) is 40.8 Å². The fourth-order valence-corrected chi connectivity index (χ4v) is 2.55. The van der Waals surface area contributed by atoms with E-state index in [1.54, 1.807) is 36.4 Å². The Morgan fingerprint density at radius 3 is 2.57 bits per heavy atom. The first-order valence-corrected chi connectivity index (χ1v) is 8.52. The van der Waals surface area contributed by atoms with E-state index in [2.05, 4.69) is 20.4 Å². The van der Waals surface area contributed by atoms with E-state index in [4.69, 9.17) is 11.6 Å². The number of nitrogens with one attached hydrogen (secondary N) is 2. The van der Waals surface area contributed by atoms with Crippen LogP contribution in [0.2, 0.25) is 5.02 Å². The zero-order chi connectivity index (χ0) is 20.1. The molecule has 0 spiro atoms. The Hall–Kier alpha value is -3.45. The fraction of sp³-hybridized carbons (Fsp3) is 0.0500. The maximum Gasteiger partial charge on any atom is 0.337 e. The number of methoxy groups -OCH3 is 1. The van der Waals surface area contributed by atoms with Gasteiger partial charge in [-0.15, -0.1) is 0 Å². The molecule has 1 heterocycles. The van der Waals surface area contributed by atoms with Crippen LogP contribution in [0, 0.1) is 5.82 Å². The molecule has 142 valence electrons. The Labute approximate surface area is 165 Å². The molecular weight excluding hydrogens is 385 g/mol. The highest BCUT2D eigenvalue weighted by molar-refractivity contribution is 6.33. The van der Waals surface area contributed by atoms with Crippen LogP contribution in [-0.4, -0.2) is 24.0 Å². The molecule has 0 aliphatic heterocycles. The van der Waals surface area contributed by atoms with Gasteiger partial charge in [0.15, 0.2) is 0 Å². The number of rotatable bonds is 5. The number of anilines is 3. The maximum absolute atomic E-state index is 13.7. The number of pyridine rings is 1. The molecule has 2 N–H and O–H groups in total.